The number of hydrogen-bond acceptors (Lipinski definition) is 4. The normalized spacial score (nSPS) is 11.8. The van der Waals surface area contributed by atoms with Crippen LogP contribution in [-0.4, -0.2) is 36.6 Å². The van der Waals surface area contributed by atoms with Crippen LogP contribution in [0.3, 0.4) is 0 Å². The van der Waals surface area contributed by atoms with E-state index in [1.165, 1.54) is 7.11 Å². The number of ether oxygens (including phenoxy) is 2. The van der Waals surface area contributed by atoms with Gasteiger partial charge in [0.25, 0.3) is 5.91 Å². The Labute approximate surface area is 161 Å². The fourth-order valence-corrected chi connectivity index (χ4v) is 2.99. The van der Waals surface area contributed by atoms with Gasteiger partial charge in [-0.15, -0.1) is 0 Å². The van der Waals surface area contributed by atoms with Gasteiger partial charge in [0.2, 0.25) is 0 Å². The number of carbonyl (C=O) groups excluding carboxylic acids is 2. The van der Waals surface area contributed by atoms with Crippen LogP contribution in [0.1, 0.15) is 5.56 Å². The molecule has 2 N–H and O–H groups in total. The van der Waals surface area contributed by atoms with E-state index in [2.05, 4.69) is 10.3 Å². The first-order valence-corrected chi connectivity index (χ1v) is 8.76. The van der Waals surface area contributed by atoms with Gasteiger partial charge in [0.15, 0.2) is 6.61 Å². The van der Waals surface area contributed by atoms with Crippen LogP contribution in [0.5, 0.6) is 5.75 Å². The summed E-state index contributed by atoms with van der Waals surface area (Å²) < 4.78 is 10.2. The van der Waals surface area contributed by atoms with E-state index in [9.17, 15) is 9.59 Å². The van der Waals surface area contributed by atoms with E-state index in [0.717, 1.165) is 16.5 Å². The van der Waals surface area contributed by atoms with Crippen LogP contribution in [0.4, 0.5) is 0 Å². The summed E-state index contributed by atoms with van der Waals surface area (Å²) in [4.78, 5) is 27.5. The van der Waals surface area contributed by atoms with Gasteiger partial charge in [-0.05, 0) is 23.8 Å². The third-order valence-corrected chi connectivity index (χ3v) is 4.43. The molecule has 0 aliphatic carbocycles. The van der Waals surface area contributed by atoms with Crippen molar-refractivity contribution >= 4 is 34.4 Å². The summed E-state index contributed by atoms with van der Waals surface area (Å²) in [5, 5.41) is 4.07. The SMILES string of the molecule is COC(=O)C(Cc1c[nH]c2ccccc12)NC(=O)COc1ccccc1Cl. The largest absolute Gasteiger partial charge is 0.482 e. The van der Waals surface area contributed by atoms with Crippen LogP contribution in [0.25, 0.3) is 10.9 Å². The van der Waals surface area contributed by atoms with Crippen LogP contribution >= 0.6 is 11.6 Å². The average molecular weight is 387 g/mol. The summed E-state index contributed by atoms with van der Waals surface area (Å²) >= 11 is 6.00. The van der Waals surface area contributed by atoms with Crippen molar-refractivity contribution in [3.8, 4) is 5.75 Å². The molecule has 1 heterocycles. The van der Waals surface area contributed by atoms with E-state index >= 15 is 0 Å². The molecule has 1 aromatic heterocycles. The second kappa shape index (κ2) is 8.60. The summed E-state index contributed by atoms with van der Waals surface area (Å²) in [5.41, 5.74) is 1.87. The van der Waals surface area contributed by atoms with E-state index < -0.39 is 17.9 Å². The Morgan fingerprint density at radius 3 is 2.67 bits per heavy atom. The minimum atomic E-state index is -0.823. The van der Waals surface area contributed by atoms with E-state index in [4.69, 9.17) is 21.1 Å². The maximum atomic E-state index is 12.3. The van der Waals surface area contributed by atoms with Gasteiger partial charge in [-0.1, -0.05) is 41.9 Å². The van der Waals surface area contributed by atoms with E-state index in [-0.39, 0.29) is 6.61 Å². The smallest absolute Gasteiger partial charge is 0.328 e. The van der Waals surface area contributed by atoms with Crippen molar-refractivity contribution in [2.75, 3.05) is 13.7 Å². The molecule has 0 aliphatic heterocycles. The number of fused-ring (bicyclic) bond motifs is 1. The van der Waals surface area contributed by atoms with Crippen LogP contribution in [-0.2, 0) is 20.7 Å². The lowest BCUT2D eigenvalue weighted by atomic mass is 10.0. The standard InChI is InChI=1S/C20H19ClN2O4/c1-26-20(25)17(10-13-11-22-16-8-4-2-6-14(13)16)23-19(24)12-27-18-9-5-3-7-15(18)21/h2-9,11,17,22H,10,12H2,1H3,(H,23,24). The zero-order valence-corrected chi connectivity index (χ0v) is 15.5. The number of aromatic nitrogens is 1. The Bertz CT molecular complexity index is 954. The number of amides is 1. The molecule has 1 unspecified atom stereocenters. The molecule has 7 heteroatoms. The predicted octanol–water partition coefficient (Wildman–Crippen LogP) is 3.10. The van der Waals surface area contributed by atoms with Gasteiger partial charge in [-0.25, -0.2) is 4.79 Å². The lowest BCUT2D eigenvalue weighted by molar-refractivity contribution is -0.145. The van der Waals surface area contributed by atoms with E-state index in [0.29, 0.717) is 17.2 Å². The fourth-order valence-electron chi connectivity index (χ4n) is 2.80. The number of carbonyl (C=O) groups is 2. The van der Waals surface area contributed by atoms with E-state index in [1.807, 2.05) is 30.5 Å². The van der Waals surface area contributed by atoms with Crippen LogP contribution < -0.4 is 10.1 Å². The number of H-pyrrole nitrogens is 1. The number of para-hydroxylation sites is 2. The Balaban J connectivity index is 1.67. The van der Waals surface area contributed by atoms with Crippen LogP contribution in [0.15, 0.2) is 54.7 Å². The third-order valence-electron chi connectivity index (χ3n) is 4.12. The van der Waals surface area contributed by atoms with Crippen LogP contribution in [0.2, 0.25) is 5.02 Å². The Morgan fingerprint density at radius 2 is 1.89 bits per heavy atom. The molecule has 3 aromatic rings. The third kappa shape index (κ3) is 4.60. The molecule has 0 bridgehead atoms. The Hall–Kier alpha value is -2.99. The molecule has 0 aliphatic rings. The van der Waals surface area contributed by atoms with Crippen LogP contribution in [0, 0.1) is 0 Å². The Kier molecular flexibility index (Phi) is 5.98. The highest BCUT2D eigenvalue weighted by Crippen LogP contribution is 2.23. The molecule has 27 heavy (non-hydrogen) atoms. The predicted molar refractivity (Wildman–Crippen MR) is 103 cm³/mol. The molecule has 1 atom stereocenters. The van der Waals surface area contributed by atoms with Gasteiger partial charge in [-0.2, -0.15) is 0 Å². The van der Waals surface area contributed by atoms with Crippen molar-refractivity contribution in [1.82, 2.24) is 10.3 Å². The molecule has 1 amide bonds. The van der Waals surface area contributed by atoms with Crippen molar-refractivity contribution in [3.05, 3.63) is 65.3 Å². The number of halogens is 1. The number of hydrogen-bond donors (Lipinski definition) is 2. The molecule has 0 saturated heterocycles. The van der Waals surface area contributed by atoms with Crippen molar-refractivity contribution in [2.24, 2.45) is 0 Å². The fraction of sp³-hybridized carbons (Fsp3) is 0.200. The van der Waals surface area contributed by atoms with Gasteiger partial charge >= 0.3 is 5.97 Å². The van der Waals surface area contributed by atoms with Crippen molar-refractivity contribution in [3.63, 3.8) is 0 Å². The van der Waals surface area contributed by atoms with Gasteiger partial charge < -0.3 is 19.8 Å². The zero-order valence-electron chi connectivity index (χ0n) is 14.7. The molecular formula is C20H19ClN2O4. The van der Waals surface area contributed by atoms with Gasteiger partial charge in [0.05, 0.1) is 12.1 Å². The lowest BCUT2D eigenvalue weighted by Crippen LogP contribution is -2.44. The molecule has 3 rings (SSSR count). The number of aromatic amines is 1. The van der Waals surface area contributed by atoms with Gasteiger partial charge in [-0.3, -0.25) is 4.79 Å². The number of benzene rings is 2. The second-order valence-electron chi connectivity index (χ2n) is 5.93. The first kappa shape index (κ1) is 18.8. The average Bonchev–Trinajstić information content (AvgIpc) is 3.09. The first-order valence-electron chi connectivity index (χ1n) is 8.38. The van der Waals surface area contributed by atoms with Gasteiger partial charge in [0.1, 0.15) is 11.8 Å². The highest BCUT2D eigenvalue weighted by atomic mass is 35.5. The quantitative estimate of drug-likeness (QED) is 0.611. The molecule has 0 fully saturated rings. The van der Waals surface area contributed by atoms with Crippen molar-refractivity contribution in [2.45, 2.75) is 12.5 Å². The topological polar surface area (TPSA) is 80.4 Å². The monoisotopic (exact) mass is 386 g/mol. The minimum Gasteiger partial charge on any atom is -0.482 e. The number of esters is 1. The summed E-state index contributed by atoms with van der Waals surface area (Å²) in [6, 6.07) is 13.8. The molecule has 140 valence electrons. The number of rotatable bonds is 7. The molecule has 2 aromatic carbocycles. The first-order chi connectivity index (χ1) is 13.1. The molecule has 0 saturated carbocycles. The summed E-state index contributed by atoms with van der Waals surface area (Å²) in [7, 11) is 1.29. The number of nitrogens with one attached hydrogen (secondary N) is 2. The maximum absolute atomic E-state index is 12.3. The summed E-state index contributed by atoms with van der Waals surface area (Å²) in [6.07, 6.45) is 2.13. The minimum absolute atomic E-state index is 0.259. The van der Waals surface area contributed by atoms with Crippen molar-refractivity contribution < 1.29 is 19.1 Å². The Morgan fingerprint density at radius 1 is 1.15 bits per heavy atom. The maximum Gasteiger partial charge on any atom is 0.328 e. The van der Waals surface area contributed by atoms with Gasteiger partial charge in [0, 0.05) is 23.5 Å². The molecular weight excluding hydrogens is 368 g/mol. The second-order valence-corrected chi connectivity index (χ2v) is 6.33. The molecule has 0 radical (unpaired) electrons. The van der Waals surface area contributed by atoms with E-state index in [1.54, 1.807) is 24.3 Å². The van der Waals surface area contributed by atoms with Crippen molar-refractivity contribution in [1.29, 1.82) is 0 Å². The highest BCUT2D eigenvalue weighted by molar-refractivity contribution is 6.32. The summed E-state index contributed by atoms with van der Waals surface area (Å²) in [6.45, 7) is -0.259. The highest BCUT2D eigenvalue weighted by Gasteiger charge is 2.23. The molecule has 0 spiro atoms. The lowest BCUT2D eigenvalue weighted by Gasteiger charge is -2.16. The summed E-state index contributed by atoms with van der Waals surface area (Å²) in [5.74, 6) is -0.558. The molecule has 6 nitrogen and oxygen atoms in total. The number of methoxy groups -OCH3 is 1. The zero-order chi connectivity index (χ0) is 19.2.